The van der Waals surface area contributed by atoms with E-state index in [1.54, 1.807) is 0 Å². The maximum atomic E-state index is 5.17. The van der Waals surface area contributed by atoms with Gasteiger partial charge in [-0.3, -0.25) is 0 Å². The van der Waals surface area contributed by atoms with Gasteiger partial charge in [-0.25, -0.2) is 9.97 Å². The highest BCUT2D eigenvalue weighted by molar-refractivity contribution is 6.15. The quantitative estimate of drug-likeness (QED) is 0.161. The smallest absolute Gasteiger partial charge is 0.160 e. The maximum absolute atomic E-state index is 5.17. The maximum Gasteiger partial charge on any atom is 0.160 e. The normalized spacial score (nSPS) is 11.5. The lowest BCUT2D eigenvalue weighted by molar-refractivity contribution is 1.17. The number of para-hydroxylation sites is 5. The van der Waals surface area contributed by atoms with Crippen molar-refractivity contribution >= 4 is 43.6 Å². The molecule has 9 aromatic carbocycles. The summed E-state index contributed by atoms with van der Waals surface area (Å²) in [6.07, 6.45) is 0. The van der Waals surface area contributed by atoms with Crippen LogP contribution in [-0.2, 0) is 0 Å². The summed E-state index contributed by atoms with van der Waals surface area (Å²) in [5.74, 6) is 0.691. The summed E-state index contributed by atoms with van der Waals surface area (Å²) in [6.45, 7) is 0. The van der Waals surface area contributed by atoms with Crippen molar-refractivity contribution in [2.45, 2.75) is 0 Å². The molecule has 4 heteroatoms. The Morgan fingerprint density at radius 3 is 1.26 bits per heavy atom. The minimum absolute atomic E-state index is 0.691. The van der Waals surface area contributed by atoms with Crippen LogP contribution in [0.5, 0.6) is 0 Å². The largest absolute Gasteiger partial charge is 0.309 e. The average Bonchev–Trinajstić information content (AvgIpc) is 3.88. The molecule has 0 aliphatic carbocycles. The fourth-order valence-corrected chi connectivity index (χ4v) is 9.32. The van der Waals surface area contributed by atoms with E-state index in [1.165, 1.54) is 43.7 Å². The molecular formula is C58H38N4. The van der Waals surface area contributed by atoms with E-state index in [0.29, 0.717) is 5.82 Å². The van der Waals surface area contributed by atoms with Gasteiger partial charge < -0.3 is 9.13 Å². The van der Waals surface area contributed by atoms with Crippen molar-refractivity contribution in [3.05, 3.63) is 231 Å². The SMILES string of the molecule is c1ccc(-c2cc(-c3ccccc3)nc(-c3cccc(-c4cccc5c6ccccc6n(-c6ccc(-c7cccc8c9ccccc9n(-c9ccccc9)c78)cc6)c45)c3)n2)cc1. The number of hydrogen-bond donors (Lipinski definition) is 0. The van der Waals surface area contributed by atoms with Crippen molar-refractivity contribution in [2.75, 3.05) is 0 Å². The molecule has 0 saturated carbocycles. The summed E-state index contributed by atoms with van der Waals surface area (Å²) >= 11 is 0. The summed E-state index contributed by atoms with van der Waals surface area (Å²) in [7, 11) is 0. The zero-order chi connectivity index (χ0) is 41.0. The number of fused-ring (bicyclic) bond motifs is 6. The van der Waals surface area contributed by atoms with Crippen LogP contribution in [0.1, 0.15) is 0 Å². The van der Waals surface area contributed by atoms with Gasteiger partial charge in [0.25, 0.3) is 0 Å². The van der Waals surface area contributed by atoms with Crippen molar-refractivity contribution in [1.82, 2.24) is 19.1 Å². The Hall–Kier alpha value is -8.34. The molecule has 62 heavy (non-hydrogen) atoms. The predicted octanol–water partition coefficient (Wildman–Crippen LogP) is 15.0. The van der Waals surface area contributed by atoms with Crippen molar-refractivity contribution in [2.24, 2.45) is 0 Å². The fourth-order valence-electron chi connectivity index (χ4n) is 9.32. The van der Waals surface area contributed by atoms with E-state index in [9.17, 15) is 0 Å². The molecule has 0 fully saturated rings. The van der Waals surface area contributed by atoms with Crippen LogP contribution in [0.4, 0.5) is 0 Å². The van der Waals surface area contributed by atoms with Crippen LogP contribution in [0.3, 0.4) is 0 Å². The van der Waals surface area contributed by atoms with Gasteiger partial charge in [-0.05, 0) is 59.7 Å². The molecule has 3 heterocycles. The Bertz CT molecular complexity index is 3550. The van der Waals surface area contributed by atoms with Crippen molar-refractivity contribution in [3.8, 4) is 67.5 Å². The number of nitrogens with zero attached hydrogens (tertiary/aromatic N) is 4. The summed E-state index contributed by atoms with van der Waals surface area (Å²) < 4.78 is 4.84. The lowest BCUT2D eigenvalue weighted by atomic mass is 9.99. The van der Waals surface area contributed by atoms with Gasteiger partial charge in [0.2, 0.25) is 0 Å². The molecule has 0 radical (unpaired) electrons. The van der Waals surface area contributed by atoms with Crippen LogP contribution >= 0.6 is 0 Å². The molecule has 0 amide bonds. The van der Waals surface area contributed by atoms with Crippen LogP contribution < -0.4 is 0 Å². The van der Waals surface area contributed by atoms with E-state index in [2.05, 4.69) is 228 Å². The second kappa shape index (κ2) is 14.7. The molecule has 0 aliphatic heterocycles. The molecule has 0 saturated heterocycles. The van der Waals surface area contributed by atoms with E-state index >= 15 is 0 Å². The van der Waals surface area contributed by atoms with Crippen LogP contribution in [0.25, 0.3) is 111 Å². The highest BCUT2D eigenvalue weighted by Crippen LogP contribution is 2.41. The van der Waals surface area contributed by atoms with Gasteiger partial charge in [-0.15, -0.1) is 0 Å². The lowest BCUT2D eigenvalue weighted by Gasteiger charge is -2.14. The Morgan fingerprint density at radius 2 is 0.694 bits per heavy atom. The zero-order valence-electron chi connectivity index (χ0n) is 33.7. The Labute approximate surface area is 359 Å². The first-order valence-electron chi connectivity index (χ1n) is 21.1. The first-order chi connectivity index (χ1) is 30.8. The van der Waals surface area contributed by atoms with Gasteiger partial charge in [0.15, 0.2) is 5.82 Å². The number of benzene rings is 9. The topological polar surface area (TPSA) is 35.6 Å². The summed E-state index contributed by atoms with van der Waals surface area (Å²) in [4.78, 5) is 10.3. The second-order valence-electron chi connectivity index (χ2n) is 15.8. The van der Waals surface area contributed by atoms with Crippen LogP contribution in [-0.4, -0.2) is 19.1 Å². The molecule has 0 atom stereocenters. The van der Waals surface area contributed by atoms with Gasteiger partial charge in [-0.2, -0.15) is 0 Å². The van der Waals surface area contributed by atoms with Crippen molar-refractivity contribution in [1.29, 1.82) is 0 Å². The average molecular weight is 791 g/mol. The number of rotatable bonds is 7. The second-order valence-corrected chi connectivity index (χ2v) is 15.8. The van der Waals surface area contributed by atoms with Crippen LogP contribution in [0.2, 0.25) is 0 Å². The highest BCUT2D eigenvalue weighted by Gasteiger charge is 2.20. The Kier molecular flexibility index (Phi) is 8.46. The van der Waals surface area contributed by atoms with Gasteiger partial charge in [-0.1, -0.05) is 182 Å². The van der Waals surface area contributed by atoms with Gasteiger partial charge in [0, 0.05) is 60.7 Å². The molecule has 3 aromatic heterocycles. The standard InChI is InChI=1S/C58H38N4/c1-4-17-40(18-5-1)52-38-53(41-19-6-2-7-20-41)60-58(59-52)43-22-14-21-42(37-43)47-28-16-30-51-49-26-11-13-32-55(49)62(57(47)51)45-35-33-39(34-36-45)46-27-15-29-50-48-25-10-12-31-54(48)61(56(46)50)44-23-8-3-9-24-44/h1-38H. The van der Waals surface area contributed by atoms with Gasteiger partial charge in [0.1, 0.15) is 0 Å². The van der Waals surface area contributed by atoms with E-state index in [0.717, 1.165) is 61.6 Å². The highest BCUT2D eigenvalue weighted by atomic mass is 15.0. The summed E-state index contributed by atoms with van der Waals surface area (Å²) in [5.41, 5.74) is 16.5. The van der Waals surface area contributed by atoms with Crippen LogP contribution in [0.15, 0.2) is 231 Å². The fraction of sp³-hybridized carbons (Fsp3) is 0. The van der Waals surface area contributed by atoms with E-state index < -0.39 is 0 Å². The molecule has 290 valence electrons. The van der Waals surface area contributed by atoms with Gasteiger partial charge >= 0.3 is 0 Å². The van der Waals surface area contributed by atoms with Crippen LogP contribution in [0, 0.1) is 0 Å². The third kappa shape index (κ3) is 5.92. The minimum atomic E-state index is 0.691. The third-order valence-corrected chi connectivity index (χ3v) is 12.1. The molecule has 0 spiro atoms. The van der Waals surface area contributed by atoms with Crippen molar-refractivity contribution < 1.29 is 0 Å². The Morgan fingerprint density at radius 1 is 0.274 bits per heavy atom. The van der Waals surface area contributed by atoms with E-state index in [1.807, 2.05) is 12.1 Å². The molecular weight excluding hydrogens is 753 g/mol. The monoisotopic (exact) mass is 790 g/mol. The number of hydrogen-bond acceptors (Lipinski definition) is 2. The van der Waals surface area contributed by atoms with Crippen molar-refractivity contribution in [3.63, 3.8) is 0 Å². The molecule has 0 unspecified atom stereocenters. The Balaban J connectivity index is 1.01. The molecule has 0 bridgehead atoms. The van der Waals surface area contributed by atoms with E-state index in [-0.39, 0.29) is 0 Å². The van der Waals surface area contributed by atoms with Gasteiger partial charge in [0.05, 0.1) is 33.5 Å². The summed E-state index contributed by atoms with van der Waals surface area (Å²) in [6, 6.07) is 82.1. The third-order valence-electron chi connectivity index (χ3n) is 12.1. The zero-order valence-corrected chi connectivity index (χ0v) is 33.7. The molecule has 12 rings (SSSR count). The summed E-state index contributed by atoms with van der Waals surface area (Å²) in [5, 5.41) is 4.92. The lowest BCUT2D eigenvalue weighted by Crippen LogP contribution is -1.97. The molecule has 12 aromatic rings. The molecule has 0 aliphatic rings. The number of aromatic nitrogens is 4. The molecule has 4 nitrogen and oxygen atoms in total. The van der Waals surface area contributed by atoms with E-state index in [4.69, 9.17) is 9.97 Å². The first-order valence-corrected chi connectivity index (χ1v) is 21.1. The molecule has 0 N–H and O–H groups in total. The first kappa shape index (κ1) is 35.6. The minimum Gasteiger partial charge on any atom is -0.309 e. The predicted molar refractivity (Wildman–Crippen MR) is 258 cm³/mol.